The van der Waals surface area contributed by atoms with E-state index in [1.54, 1.807) is 13.1 Å². The molecule has 2 unspecified atom stereocenters. The smallest absolute Gasteiger partial charge is 0.256 e. The van der Waals surface area contributed by atoms with Crippen LogP contribution in [-0.4, -0.2) is 35.1 Å². The van der Waals surface area contributed by atoms with E-state index in [1.165, 1.54) is 17.0 Å². The van der Waals surface area contributed by atoms with Gasteiger partial charge in [0, 0.05) is 7.05 Å². The van der Waals surface area contributed by atoms with Crippen LogP contribution in [0.2, 0.25) is 5.02 Å². The molecule has 1 fully saturated rings. The van der Waals surface area contributed by atoms with E-state index in [2.05, 4.69) is 0 Å². The van der Waals surface area contributed by atoms with E-state index in [-0.39, 0.29) is 16.6 Å². The maximum atomic E-state index is 13.8. The Morgan fingerprint density at radius 3 is 2.79 bits per heavy atom. The molecular formula is C14H17ClFNO2. The summed E-state index contributed by atoms with van der Waals surface area (Å²) in [6.07, 6.45) is 2.82. The molecule has 0 aliphatic heterocycles. The van der Waals surface area contributed by atoms with Gasteiger partial charge in [-0.15, -0.1) is 0 Å². The van der Waals surface area contributed by atoms with Crippen LogP contribution in [0.1, 0.15) is 36.0 Å². The molecule has 1 amide bonds. The highest BCUT2D eigenvalue weighted by Crippen LogP contribution is 2.25. The van der Waals surface area contributed by atoms with Crippen molar-refractivity contribution < 1.29 is 14.3 Å². The zero-order chi connectivity index (χ0) is 14.0. The van der Waals surface area contributed by atoms with Crippen molar-refractivity contribution in [1.29, 1.82) is 0 Å². The molecule has 104 valence electrons. The zero-order valence-electron chi connectivity index (χ0n) is 10.8. The number of rotatable bonds is 2. The number of halogens is 2. The van der Waals surface area contributed by atoms with Gasteiger partial charge >= 0.3 is 0 Å². The van der Waals surface area contributed by atoms with Crippen LogP contribution >= 0.6 is 11.6 Å². The third-order valence-electron chi connectivity index (χ3n) is 3.69. The van der Waals surface area contributed by atoms with Gasteiger partial charge in [-0.3, -0.25) is 4.79 Å². The Labute approximate surface area is 117 Å². The van der Waals surface area contributed by atoms with Crippen molar-refractivity contribution >= 4 is 17.5 Å². The summed E-state index contributed by atoms with van der Waals surface area (Å²) in [6.45, 7) is 0. The molecule has 3 nitrogen and oxygen atoms in total. The molecular weight excluding hydrogens is 269 g/mol. The standard InChI is InChI=1S/C14H17ClFNO2/c1-17(11-7-2-3-8-12(11)18)14(19)9-5-4-6-10(15)13(9)16/h4-6,11-12,18H,2-3,7-8H2,1H3. The highest BCUT2D eigenvalue weighted by molar-refractivity contribution is 6.31. The Balaban J connectivity index is 2.21. The fraction of sp³-hybridized carbons (Fsp3) is 0.500. The SMILES string of the molecule is CN(C(=O)c1cccc(Cl)c1F)C1CCCCC1O. The minimum absolute atomic E-state index is 0.0484. The lowest BCUT2D eigenvalue weighted by Crippen LogP contribution is -2.46. The summed E-state index contributed by atoms with van der Waals surface area (Å²) in [5.41, 5.74) is -0.0484. The fourth-order valence-corrected chi connectivity index (χ4v) is 2.73. The number of hydrogen-bond donors (Lipinski definition) is 1. The van der Waals surface area contributed by atoms with Gasteiger partial charge in [0.25, 0.3) is 5.91 Å². The van der Waals surface area contributed by atoms with Gasteiger partial charge < -0.3 is 10.0 Å². The topological polar surface area (TPSA) is 40.5 Å². The minimum atomic E-state index is -0.702. The van der Waals surface area contributed by atoms with Crippen molar-refractivity contribution in [3.8, 4) is 0 Å². The van der Waals surface area contributed by atoms with Gasteiger partial charge in [-0.25, -0.2) is 4.39 Å². The van der Waals surface area contributed by atoms with Crippen LogP contribution in [0.4, 0.5) is 4.39 Å². The lowest BCUT2D eigenvalue weighted by molar-refractivity contribution is 0.0265. The first-order valence-electron chi connectivity index (χ1n) is 6.41. The van der Waals surface area contributed by atoms with Crippen LogP contribution in [0.25, 0.3) is 0 Å². The highest BCUT2D eigenvalue weighted by atomic mass is 35.5. The van der Waals surface area contributed by atoms with E-state index in [0.717, 1.165) is 19.3 Å². The minimum Gasteiger partial charge on any atom is -0.391 e. The summed E-state index contributed by atoms with van der Waals surface area (Å²) >= 11 is 5.68. The molecule has 0 spiro atoms. The van der Waals surface area contributed by atoms with E-state index >= 15 is 0 Å². The van der Waals surface area contributed by atoms with Gasteiger partial charge in [-0.1, -0.05) is 30.5 Å². The summed E-state index contributed by atoms with van der Waals surface area (Å²) in [4.78, 5) is 13.7. The van der Waals surface area contributed by atoms with Gasteiger partial charge in [0.1, 0.15) is 0 Å². The number of aliphatic hydroxyl groups excluding tert-OH is 1. The average molecular weight is 286 g/mol. The molecule has 2 rings (SSSR count). The number of carbonyl (C=O) groups is 1. The van der Waals surface area contributed by atoms with Crippen molar-refractivity contribution in [2.75, 3.05) is 7.05 Å². The van der Waals surface area contributed by atoms with Gasteiger partial charge in [0.15, 0.2) is 5.82 Å². The average Bonchev–Trinajstić information content (AvgIpc) is 2.41. The second kappa shape index (κ2) is 5.88. The normalized spacial score (nSPS) is 23.2. The molecule has 1 saturated carbocycles. The summed E-state index contributed by atoms with van der Waals surface area (Å²) in [5, 5.41) is 9.88. The maximum Gasteiger partial charge on any atom is 0.256 e. The van der Waals surface area contributed by atoms with Crippen LogP contribution in [-0.2, 0) is 0 Å². The largest absolute Gasteiger partial charge is 0.391 e. The Morgan fingerprint density at radius 1 is 1.42 bits per heavy atom. The summed E-state index contributed by atoms with van der Waals surface area (Å²) in [7, 11) is 1.60. The molecule has 19 heavy (non-hydrogen) atoms. The molecule has 1 N–H and O–H groups in total. The van der Waals surface area contributed by atoms with E-state index in [9.17, 15) is 14.3 Å². The number of carbonyl (C=O) groups excluding carboxylic acids is 1. The maximum absolute atomic E-state index is 13.8. The first-order chi connectivity index (χ1) is 9.02. The van der Waals surface area contributed by atoms with Crippen LogP contribution in [0, 0.1) is 5.82 Å². The molecule has 1 aliphatic rings. The predicted molar refractivity (Wildman–Crippen MR) is 71.8 cm³/mol. The number of nitrogens with zero attached hydrogens (tertiary/aromatic N) is 1. The molecule has 0 radical (unpaired) electrons. The van der Waals surface area contributed by atoms with Crippen LogP contribution in [0.15, 0.2) is 18.2 Å². The summed E-state index contributed by atoms with van der Waals surface area (Å²) in [5.74, 6) is -1.14. The van der Waals surface area contributed by atoms with Crippen molar-refractivity contribution in [1.82, 2.24) is 4.90 Å². The Kier molecular flexibility index (Phi) is 4.42. The predicted octanol–water partition coefficient (Wildman–Crippen LogP) is 2.85. The van der Waals surface area contributed by atoms with Crippen molar-refractivity contribution in [3.05, 3.63) is 34.6 Å². The number of benzene rings is 1. The molecule has 0 saturated heterocycles. The third kappa shape index (κ3) is 2.90. The Bertz CT molecular complexity index is 481. The first-order valence-corrected chi connectivity index (χ1v) is 6.79. The van der Waals surface area contributed by atoms with E-state index in [0.29, 0.717) is 6.42 Å². The number of hydrogen-bond acceptors (Lipinski definition) is 2. The monoisotopic (exact) mass is 285 g/mol. The molecule has 0 aromatic heterocycles. The van der Waals surface area contributed by atoms with Crippen molar-refractivity contribution in [2.24, 2.45) is 0 Å². The number of amides is 1. The second-order valence-electron chi connectivity index (χ2n) is 4.94. The molecule has 1 aromatic rings. The van der Waals surface area contributed by atoms with Crippen molar-refractivity contribution in [2.45, 2.75) is 37.8 Å². The third-order valence-corrected chi connectivity index (χ3v) is 3.99. The van der Waals surface area contributed by atoms with E-state index < -0.39 is 17.8 Å². The number of likely N-dealkylation sites (N-methyl/N-ethyl adjacent to an activating group) is 1. The van der Waals surface area contributed by atoms with Gasteiger partial charge in [-0.2, -0.15) is 0 Å². The summed E-state index contributed by atoms with van der Waals surface area (Å²) < 4.78 is 13.8. The second-order valence-corrected chi connectivity index (χ2v) is 5.34. The molecule has 5 heteroatoms. The van der Waals surface area contributed by atoms with Crippen molar-refractivity contribution in [3.63, 3.8) is 0 Å². The van der Waals surface area contributed by atoms with Crippen LogP contribution in [0.3, 0.4) is 0 Å². The van der Waals surface area contributed by atoms with Gasteiger partial charge in [0.2, 0.25) is 0 Å². The van der Waals surface area contributed by atoms with E-state index in [1.807, 2.05) is 0 Å². The molecule has 0 bridgehead atoms. The molecule has 1 aliphatic carbocycles. The molecule has 0 heterocycles. The van der Waals surface area contributed by atoms with Crippen LogP contribution < -0.4 is 0 Å². The van der Waals surface area contributed by atoms with E-state index in [4.69, 9.17) is 11.6 Å². The quantitative estimate of drug-likeness (QED) is 0.908. The Morgan fingerprint density at radius 2 is 2.11 bits per heavy atom. The lowest BCUT2D eigenvalue weighted by Gasteiger charge is -2.35. The lowest BCUT2D eigenvalue weighted by atomic mass is 9.91. The Hall–Kier alpha value is -1.13. The molecule has 2 atom stereocenters. The van der Waals surface area contributed by atoms with Crippen LogP contribution in [0.5, 0.6) is 0 Å². The zero-order valence-corrected chi connectivity index (χ0v) is 11.5. The first kappa shape index (κ1) is 14.3. The highest BCUT2D eigenvalue weighted by Gasteiger charge is 2.30. The van der Waals surface area contributed by atoms with Gasteiger partial charge in [-0.05, 0) is 25.0 Å². The fourth-order valence-electron chi connectivity index (χ4n) is 2.55. The number of aliphatic hydroxyl groups is 1. The van der Waals surface area contributed by atoms with Gasteiger partial charge in [0.05, 0.1) is 22.7 Å². The molecule has 1 aromatic carbocycles. The summed E-state index contributed by atoms with van der Waals surface area (Å²) in [6, 6.07) is 4.11.